The summed E-state index contributed by atoms with van der Waals surface area (Å²) >= 11 is 0. The number of likely N-dealkylation sites (tertiary alicyclic amines) is 1. The number of rotatable bonds is 3. The summed E-state index contributed by atoms with van der Waals surface area (Å²) in [6.45, 7) is 4.35. The predicted molar refractivity (Wildman–Crippen MR) is 66.5 cm³/mol. The van der Waals surface area contributed by atoms with Crippen molar-refractivity contribution in [3.05, 3.63) is 0 Å². The number of hydrogen-bond donors (Lipinski definition) is 0. The first-order valence-corrected chi connectivity index (χ1v) is 7.05. The van der Waals surface area contributed by atoms with Crippen LogP contribution in [0.15, 0.2) is 0 Å². The van der Waals surface area contributed by atoms with E-state index in [1.807, 2.05) is 0 Å². The molecule has 0 bridgehead atoms. The Bertz CT molecular complexity index is 221. The second-order valence-corrected chi connectivity index (χ2v) is 5.54. The molecule has 0 unspecified atom stereocenters. The van der Waals surface area contributed by atoms with Crippen molar-refractivity contribution in [2.24, 2.45) is 5.92 Å². The second-order valence-electron chi connectivity index (χ2n) is 5.54. The molecule has 0 aromatic rings. The van der Waals surface area contributed by atoms with Gasteiger partial charge >= 0.3 is 0 Å². The fraction of sp³-hybridized carbons (Fsp3) is 0.929. The first-order chi connectivity index (χ1) is 7.79. The third-order valence-corrected chi connectivity index (χ3v) is 4.39. The summed E-state index contributed by atoms with van der Waals surface area (Å²) < 4.78 is 0. The molecule has 2 nitrogen and oxygen atoms in total. The standard InChI is InChI=1S/C14H25NO/c1-2-3-12-4-6-13(7-5-12)15-10-8-14(16)9-11-15/h12-13H,2-11H2,1H3/t12-,13+. The van der Waals surface area contributed by atoms with Gasteiger partial charge in [-0.25, -0.2) is 0 Å². The van der Waals surface area contributed by atoms with Crippen LogP contribution in [0.1, 0.15) is 58.3 Å². The highest BCUT2D eigenvalue weighted by Gasteiger charge is 2.27. The van der Waals surface area contributed by atoms with Crippen LogP contribution in [-0.4, -0.2) is 29.8 Å². The van der Waals surface area contributed by atoms with Crippen molar-refractivity contribution in [2.75, 3.05) is 13.1 Å². The maximum Gasteiger partial charge on any atom is 0.135 e. The third-order valence-electron chi connectivity index (χ3n) is 4.39. The summed E-state index contributed by atoms with van der Waals surface area (Å²) in [5.74, 6) is 1.46. The zero-order valence-electron chi connectivity index (χ0n) is 10.6. The molecular formula is C14H25NO. The van der Waals surface area contributed by atoms with Crippen molar-refractivity contribution >= 4 is 5.78 Å². The summed E-state index contributed by atoms with van der Waals surface area (Å²) in [6, 6.07) is 0.793. The van der Waals surface area contributed by atoms with Crippen molar-refractivity contribution in [1.29, 1.82) is 0 Å². The molecule has 1 saturated carbocycles. The smallest absolute Gasteiger partial charge is 0.135 e. The Balaban J connectivity index is 1.74. The molecule has 92 valence electrons. The Hall–Kier alpha value is -0.370. The van der Waals surface area contributed by atoms with Gasteiger partial charge in [0, 0.05) is 32.0 Å². The molecule has 0 spiro atoms. The lowest BCUT2D eigenvalue weighted by Gasteiger charge is -2.38. The van der Waals surface area contributed by atoms with Crippen molar-refractivity contribution in [3.8, 4) is 0 Å². The number of carbonyl (C=O) groups is 1. The van der Waals surface area contributed by atoms with Crippen molar-refractivity contribution in [2.45, 2.75) is 64.3 Å². The Kier molecular flexibility index (Phi) is 4.39. The second kappa shape index (κ2) is 5.81. The molecule has 2 aliphatic rings. The van der Waals surface area contributed by atoms with Crippen molar-refractivity contribution < 1.29 is 4.79 Å². The molecule has 1 saturated heterocycles. The highest BCUT2D eigenvalue weighted by Crippen LogP contribution is 2.31. The van der Waals surface area contributed by atoms with Gasteiger partial charge in [-0.2, -0.15) is 0 Å². The molecule has 0 N–H and O–H groups in total. The summed E-state index contributed by atoms with van der Waals surface area (Å²) in [5.41, 5.74) is 0. The van der Waals surface area contributed by atoms with Gasteiger partial charge < -0.3 is 0 Å². The van der Waals surface area contributed by atoms with E-state index in [1.165, 1.54) is 38.5 Å². The average molecular weight is 223 g/mol. The van der Waals surface area contributed by atoms with Crippen LogP contribution in [0, 0.1) is 5.92 Å². The van der Waals surface area contributed by atoms with Gasteiger partial charge in [0.2, 0.25) is 0 Å². The molecule has 0 amide bonds. The van der Waals surface area contributed by atoms with Gasteiger partial charge in [0.15, 0.2) is 0 Å². The molecule has 2 rings (SSSR count). The first kappa shape index (κ1) is 12.1. The Morgan fingerprint density at radius 3 is 2.31 bits per heavy atom. The average Bonchev–Trinajstić information content (AvgIpc) is 2.32. The molecule has 2 heteroatoms. The minimum Gasteiger partial charge on any atom is -0.300 e. The van der Waals surface area contributed by atoms with Gasteiger partial charge in [-0.1, -0.05) is 19.8 Å². The Morgan fingerprint density at radius 2 is 1.75 bits per heavy atom. The maximum absolute atomic E-state index is 11.2. The minimum atomic E-state index is 0.468. The Morgan fingerprint density at radius 1 is 1.12 bits per heavy atom. The van der Waals surface area contributed by atoms with Crippen molar-refractivity contribution in [1.82, 2.24) is 4.90 Å². The number of nitrogens with zero attached hydrogens (tertiary/aromatic N) is 1. The van der Waals surface area contributed by atoms with E-state index in [-0.39, 0.29) is 0 Å². The summed E-state index contributed by atoms with van der Waals surface area (Å²) in [5, 5.41) is 0. The fourth-order valence-electron chi connectivity index (χ4n) is 3.35. The predicted octanol–water partition coefficient (Wildman–Crippen LogP) is 3.01. The fourth-order valence-corrected chi connectivity index (χ4v) is 3.35. The van der Waals surface area contributed by atoms with Gasteiger partial charge in [-0.15, -0.1) is 0 Å². The molecule has 0 radical (unpaired) electrons. The summed E-state index contributed by atoms with van der Waals surface area (Å²) in [6.07, 6.45) is 9.95. The first-order valence-electron chi connectivity index (χ1n) is 7.05. The zero-order chi connectivity index (χ0) is 11.4. The van der Waals surface area contributed by atoms with E-state index < -0.39 is 0 Å². The minimum absolute atomic E-state index is 0.468. The van der Waals surface area contributed by atoms with Gasteiger partial charge in [-0.3, -0.25) is 9.69 Å². The Labute approximate surface area is 99.4 Å². The van der Waals surface area contributed by atoms with E-state index in [4.69, 9.17) is 0 Å². The normalized spacial score (nSPS) is 32.9. The van der Waals surface area contributed by atoms with Gasteiger partial charge in [0.1, 0.15) is 5.78 Å². The highest BCUT2D eigenvalue weighted by molar-refractivity contribution is 5.79. The van der Waals surface area contributed by atoms with Crippen LogP contribution in [-0.2, 0) is 4.79 Å². The lowest BCUT2D eigenvalue weighted by Crippen LogP contribution is -2.43. The molecule has 1 aliphatic heterocycles. The summed E-state index contributed by atoms with van der Waals surface area (Å²) in [7, 11) is 0. The van der Waals surface area contributed by atoms with E-state index >= 15 is 0 Å². The van der Waals surface area contributed by atoms with Crippen LogP contribution in [0.3, 0.4) is 0 Å². The molecule has 1 heterocycles. The van der Waals surface area contributed by atoms with Crippen molar-refractivity contribution in [3.63, 3.8) is 0 Å². The number of ketones is 1. The maximum atomic E-state index is 11.2. The molecule has 0 atom stereocenters. The van der Waals surface area contributed by atoms with Crippen LogP contribution in [0.5, 0.6) is 0 Å². The van der Waals surface area contributed by atoms with Gasteiger partial charge in [0.25, 0.3) is 0 Å². The van der Waals surface area contributed by atoms with E-state index in [9.17, 15) is 4.79 Å². The van der Waals surface area contributed by atoms with Crippen LogP contribution in [0.25, 0.3) is 0 Å². The largest absolute Gasteiger partial charge is 0.300 e. The molecule has 1 aliphatic carbocycles. The lowest BCUT2D eigenvalue weighted by atomic mass is 9.82. The molecule has 0 aromatic heterocycles. The van der Waals surface area contributed by atoms with E-state index in [2.05, 4.69) is 11.8 Å². The number of hydrogen-bond acceptors (Lipinski definition) is 2. The van der Waals surface area contributed by atoms with Crippen LogP contribution >= 0.6 is 0 Å². The monoisotopic (exact) mass is 223 g/mol. The van der Waals surface area contributed by atoms with E-state index in [1.54, 1.807) is 0 Å². The topological polar surface area (TPSA) is 20.3 Å². The van der Waals surface area contributed by atoms with Gasteiger partial charge in [0.05, 0.1) is 0 Å². The zero-order valence-corrected chi connectivity index (χ0v) is 10.6. The van der Waals surface area contributed by atoms with Gasteiger partial charge in [-0.05, 0) is 31.6 Å². The van der Waals surface area contributed by atoms with E-state index in [0.717, 1.165) is 37.9 Å². The number of carbonyl (C=O) groups excluding carboxylic acids is 1. The quantitative estimate of drug-likeness (QED) is 0.733. The SMILES string of the molecule is CCC[C@H]1CC[C@@H](N2CCC(=O)CC2)CC1. The third kappa shape index (κ3) is 3.07. The lowest BCUT2D eigenvalue weighted by molar-refractivity contribution is -0.122. The van der Waals surface area contributed by atoms with Crippen LogP contribution in [0.4, 0.5) is 0 Å². The summed E-state index contributed by atoms with van der Waals surface area (Å²) in [4.78, 5) is 13.8. The molecule has 16 heavy (non-hydrogen) atoms. The molecule has 2 fully saturated rings. The molecule has 0 aromatic carbocycles. The molecular weight excluding hydrogens is 198 g/mol. The number of piperidine rings is 1. The number of Topliss-reactive ketones (excluding diaryl/α,β-unsaturated/α-hetero) is 1. The van der Waals surface area contributed by atoms with Crippen LogP contribution in [0.2, 0.25) is 0 Å². The van der Waals surface area contributed by atoms with Crippen LogP contribution < -0.4 is 0 Å². The van der Waals surface area contributed by atoms with E-state index in [0.29, 0.717) is 5.78 Å². The highest BCUT2D eigenvalue weighted by atomic mass is 16.1.